The first kappa shape index (κ1) is 20.0. The Balaban J connectivity index is 2.47. The molecule has 0 aliphatic heterocycles. The monoisotopic (exact) mass is 346 g/mol. The molecular formula is C16H21F3N2O3. The van der Waals surface area contributed by atoms with Crippen molar-refractivity contribution < 1.29 is 27.9 Å². The van der Waals surface area contributed by atoms with Gasteiger partial charge in [0, 0.05) is 18.7 Å². The van der Waals surface area contributed by atoms with Crippen LogP contribution in [-0.4, -0.2) is 36.6 Å². The molecule has 1 aromatic rings. The van der Waals surface area contributed by atoms with Crippen molar-refractivity contribution in [3.8, 4) is 0 Å². The quantitative estimate of drug-likeness (QED) is 0.706. The van der Waals surface area contributed by atoms with Gasteiger partial charge in [0.2, 0.25) is 5.91 Å². The van der Waals surface area contributed by atoms with E-state index in [2.05, 4.69) is 10.6 Å². The number of hydrogen-bond acceptors (Lipinski definition) is 3. The normalized spacial score (nSPS) is 11.9. The molecule has 24 heavy (non-hydrogen) atoms. The molecule has 0 bridgehead atoms. The second-order valence-electron chi connectivity index (χ2n) is 6.17. The molecule has 1 aromatic carbocycles. The number of alkyl halides is 3. The SMILES string of the molecule is CC(C)(CCO)CNC(=O)CNC(=O)c1ccc(C(F)(F)F)cc1. The topological polar surface area (TPSA) is 78.4 Å². The molecule has 8 heteroatoms. The van der Waals surface area contributed by atoms with Gasteiger partial charge in [-0.3, -0.25) is 9.59 Å². The fourth-order valence-electron chi connectivity index (χ4n) is 1.86. The van der Waals surface area contributed by atoms with Crippen molar-refractivity contribution >= 4 is 11.8 Å². The van der Waals surface area contributed by atoms with Crippen molar-refractivity contribution in [3.05, 3.63) is 35.4 Å². The summed E-state index contributed by atoms with van der Waals surface area (Å²) in [7, 11) is 0. The molecule has 0 fully saturated rings. The number of nitrogens with one attached hydrogen (secondary N) is 2. The third-order valence-electron chi connectivity index (χ3n) is 3.44. The molecule has 2 amide bonds. The van der Waals surface area contributed by atoms with E-state index in [1.165, 1.54) is 0 Å². The first-order chi connectivity index (χ1) is 11.0. The van der Waals surface area contributed by atoms with E-state index in [9.17, 15) is 22.8 Å². The summed E-state index contributed by atoms with van der Waals surface area (Å²) in [5.41, 5.74) is -1.08. The third-order valence-corrected chi connectivity index (χ3v) is 3.44. The van der Waals surface area contributed by atoms with E-state index < -0.39 is 23.6 Å². The van der Waals surface area contributed by atoms with Crippen LogP contribution >= 0.6 is 0 Å². The lowest BCUT2D eigenvalue weighted by molar-refractivity contribution is -0.137. The minimum atomic E-state index is -4.46. The van der Waals surface area contributed by atoms with Gasteiger partial charge in [-0.1, -0.05) is 13.8 Å². The van der Waals surface area contributed by atoms with Gasteiger partial charge < -0.3 is 15.7 Å². The van der Waals surface area contributed by atoms with E-state index >= 15 is 0 Å². The Labute approximate surface area is 138 Å². The minimum absolute atomic E-state index is 0.00747. The molecule has 0 radical (unpaired) electrons. The van der Waals surface area contributed by atoms with Crippen molar-refractivity contribution in [2.45, 2.75) is 26.4 Å². The zero-order valence-electron chi connectivity index (χ0n) is 13.5. The van der Waals surface area contributed by atoms with Crippen LogP contribution in [-0.2, 0) is 11.0 Å². The molecule has 0 unspecified atom stereocenters. The predicted molar refractivity (Wildman–Crippen MR) is 82.3 cm³/mol. The van der Waals surface area contributed by atoms with E-state index in [1.54, 1.807) is 0 Å². The predicted octanol–water partition coefficient (Wildman–Crippen LogP) is 1.96. The van der Waals surface area contributed by atoms with Crippen molar-refractivity contribution in [3.63, 3.8) is 0 Å². The van der Waals surface area contributed by atoms with Gasteiger partial charge in [-0.25, -0.2) is 0 Å². The summed E-state index contributed by atoms with van der Waals surface area (Å²) in [4.78, 5) is 23.5. The molecule has 0 aromatic heterocycles. The zero-order chi connectivity index (χ0) is 18.4. The first-order valence-electron chi connectivity index (χ1n) is 7.38. The highest BCUT2D eigenvalue weighted by Gasteiger charge is 2.30. The lowest BCUT2D eigenvalue weighted by Crippen LogP contribution is -2.41. The van der Waals surface area contributed by atoms with Crippen molar-refractivity contribution in [2.24, 2.45) is 5.41 Å². The first-order valence-corrected chi connectivity index (χ1v) is 7.38. The second kappa shape index (κ2) is 8.14. The Hall–Kier alpha value is -2.09. The number of carbonyl (C=O) groups is 2. The van der Waals surface area contributed by atoms with E-state index in [-0.39, 0.29) is 24.1 Å². The van der Waals surface area contributed by atoms with Gasteiger partial charge in [0.25, 0.3) is 5.91 Å². The van der Waals surface area contributed by atoms with Crippen LogP contribution in [0, 0.1) is 5.41 Å². The highest BCUT2D eigenvalue weighted by atomic mass is 19.4. The molecule has 0 aliphatic carbocycles. The molecule has 0 heterocycles. The largest absolute Gasteiger partial charge is 0.416 e. The molecular weight excluding hydrogens is 325 g/mol. The van der Waals surface area contributed by atoms with Gasteiger partial charge in [0.05, 0.1) is 12.1 Å². The number of halogens is 3. The molecule has 5 nitrogen and oxygen atoms in total. The van der Waals surface area contributed by atoms with Crippen LogP contribution in [0.4, 0.5) is 13.2 Å². The number of amides is 2. The average Bonchev–Trinajstić information content (AvgIpc) is 2.50. The maximum absolute atomic E-state index is 12.4. The standard InChI is InChI=1S/C16H21F3N2O3/c1-15(2,7-8-22)10-21-13(23)9-20-14(24)11-3-5-12(6-4-11)16(17,18)19/h3-6,22H,7-10H2,1-2H3,(H,20,24)(H,21,23). The highest BCUT2D eigenvalue weighted by molar-refractivity contribution is 5.96. The summed E-state index contributed by atoms with van der Waals surface area (Å²) in [6.45, 7) is 3.82. The maximum Gasteiger partial charge on any atom is 0.416 e. The Morgan fingerprint density at radius 3 is 2.17 bits per heavy atom. The number of aliphatic hydroxyl groups excluding tert-OH is 1. The van der Waals surface area contributed by atoms with E-state index in [0.29, 0.717) is 13.0 Å². The smallest absolute Gasteiger partial charge is 0.396 e. The Bertz CT molecular complexity index is 569. The zero-order valence-corrected chi connectivity index (χ0v) is 13.5. The molecule has 3 N–H and O–H groups in total. The number of hydrogen-bond donors (Lipinski definition) is 3. The van der Waals surface area contributed by atoms with Crippen LogP contribution in [0.5, 0.6) is 0 Å². The van der Waals surface area contributed by atoms with Crippen LogP contribution in [0.1, 0.15) is 36.2 Å². The van der Waals surface area contributed by atoms with Crippen LogP contribution in [0.2, 0.25) is 0 Å². The van der Waals surface area contributed by atoms with Crippen LogP contribution in [0.25, 0.3) is 0 Å². The maximum atomic E-state index is 12.4. The molecule has 0 aliphatic rings. The van der Waals surface area contributed by atoms with Gasteiger partial charge in [0.1, 0.15) is 0 Å². The number of benzene rings is 1. The fraction of sp³-hybridized carbons (Fsp3) is 0.500. The van der Waals surface area contributed by atoms with Gasteiger partial charge in [0.15, 0.2) is 0 Å². The average molecular weight is 346 g/mol. The summed E-state index contributed by atoms with van der Waals surface area (Å²) in [6.07, 6.45) is -3.94. The second-order valence-corrected chi connectivity index (χ2v) is 6.17. The van der Waals surface area contributed by atoms with E-state index in [4.69, 9.17) is 5.11 Å². The van der Waals surface area contributed by atoms with Crippen molar-refractivity contribution in [1.82, 2.24) is 10.6 Å². The summed E-state index contributed by atoms with van der Waals surface area (Å²) < 4.78 is 37.3. The lowest BCUT2D eigenvalue weighted by Gasteiger charge is -2.23. The van der Waals surface area contributed by atoms with Gasteiger partial charge in [-0.05, 0) is 36.1 Å². The van der Waals surface area contributed by atoms with Crippen molar-refractivity contribution in [1.29, 1.82) is 0 Å². The van der Waals surface area contributed by atoms with Crippen LogP contribution in [0.15, 0.2) is 24.3 Å². The minimum Gasteiger partial charge on any atom is -0.396 e. The molecule has 1 rings (SSSR count). The Morgan fingerprint density at radius 2 is 1.67 bits per heavy atom. The summed E-state index contributed by atoms with van der Waals surface area (Å²) in [6, 6.07) is 3.74. The van der Waals surface area contributed by atoms with Gasteiger partial charge >= 0.3 is 6.18 Å². The summed E-state index contributed by atoms with van der Waals surface area (Å²) in [5.74, 6) is -1.05. The molecule has 134 valence electrons. The highest BCUT2D eigenvalue weighted by Crippen LogP contribution is 2.29. The van der Waals surface area contributed by atoms with E-state index in [0.717, 1.165) is 24.3 Å². The number of aliphatic hydroxyl groups is 1. The lowest BCUT2D eigenvalue weighted by atomic mass is 9.90. The molecule has 0 atom stereocenters. The van der Waals surface area contributed by atoms with Crippen LogP contribution < -0.4 is 10.6 Å². The van der Waals surface area contributed by atoms with Crippen LogP contribution in [0.3, 0.4) is 0 Å². The Morgan fingerprint density at radius 1 is 1.08 bits per heavy atom. The molecule has 0 saturated carbocycles. The fourth-order valence-corrected chi connectivity index (χ4v) is 1.86. The Kier molecular flexibility index (Phi) is 6.77. The third kappa shape index (κ3) is 6.57. The van der Waals surface area contributed by atoms with Crippen molar-refractivity contribution in [2.75, 3.05) is 19.7 Å². The number of carbonyl (C=O) groups excluding carboxylic acids is 2. The molecule has 0 spiro atoms. The van der Waals surface area contributed by atoms with Gasteiger partial charge in [-0.2, -0.15) is 13.2 Å². The number of rotatable bonds is 7. The van der Waals surface area contributed by atoms with Gasteiger partial charge in [-0.15, -0.1) is 0 Å². The molecule has 0 saturated heterocycles. The summed E-state index contributed by atoms with van der Waals surface area (Å²) in [5, 5.41) is 13.9. The van der Waals surface area contributed by atoms with E-state index in [1.807, 2.05) is 13.8 Å². The summed E-state index contributed by atoms with van der Waals surface area (Å²) >= 11 is 0.